The zero-order chi connectivity index (χ0) is 19.8. The Hall–Kier alpha value is -3.27. The Balaban J connectivity index is 2.00. The number of nitrogens with zero attached hydrogens (tertiary/aromatic N) is 1. The number of aromatic nitrogens is 1. The van der Waals surface area contributed by atoms with Gasteiger partial charge in [-0.1, -0.05) is 35.9 Å². The molecule has 1 aliphatic rings. The number of hydrogen-bond donors (Lipinski definition) is 1. The van der Waals surface area contributed by atoms with Crippen molar-refractivity contribution < 1.29 is 9.84 Å². The summed E-state index contributed by atoms with van der Waals surface area (Å²) in [6.07, 6.45) is 0. The Morgan fingerprint density at radius 2 is 1.79 bits per heavy atom. The third kappa shape index (κ3) is 2.09. The van der Waals surface area contributed by atoms with E-state index in [4.69, 9.17) is 4.74 Å². The van der Waals surface area contributed by atoms with E-state index < -0.39 is 5.60 Å². The average Bonchev–Trinajstić information content (AvgIpc) is 2.65. The number of pyridine rings is 1. The minimum atomic E-state index is -0.536. The van der Waals surface area contributed by atoms with Crippen molar-refractivity contribution in [3.63, 3.8) is 0 Å². The fraction of sp³-hybridized carbons (Fsp3) is 0.208. The molecule has 140 valence electrons. The van der Waals surface area contributed by atoms with Gasteiger partial charge in [-0.3, -0.25) is 4.79 Å². The second kappa shape index (κ2) is 5.38. The molecule has 4 nitrogen and oxygen atoms in total. The maximum absolute atomic E-state index is 13.2. The van der Waals surface area contributed by atoms with E-state index in [9.17, 15) is 9.90 Å². The molecule has 0 atom stereocenters. The van der Waals surface area contributed by atoms with E-state index in [1.165, 1.54) is 0 Å². The van der Waals surface area contributed by atoms with Crippen molar-refractivity contribution in [2.75, 3.05) is 0 Å². The van der Waals surface area contributed by atoms with Gasteiger partial charge in [0.2, 0.25) is 5.43 Å². The summed E-state index contributed by atoms with van der Waals surface area (Å²) in [5.74, 6) is 0.583. The minimum Gasteiger partial charge on any atom is -0.506 e. The number of phenolic OH excluding ortho intramolecular Hbond substituents is 1. The predicted octanol–water partition coefficient (Wildman–Crippen LogP) is 5.00. The molecule has 0 spiro atoms. The highest BCUT2D eigenvalue weighted by Gasteiger charge is 2.35. The highest BCUT2D eigenvalue weighted by atomic mass is 16.5. The van der Waals surface area contributed by atoms with Crippen molar-refractivity contribution in [2.45, 2.75) is 26.4 Å². The van der Waals surface area contributed by atoms with Gasteiger partial charge in [-0.2, -0.15) is 0 Å². The van der Waals surface area contributed by atoms with Gasteiger partial charge in [0.15, 0.2) is 0 Å². The lowest BCUT2D eigenvalue weighted by Gasteiger charge is -2.35. The number of para-hydroxylation sites is 1. The van der Waals surface area contributed by atoms with Crippen molar-refractivity contribution in [3.05, 3.63) is 69.9 Å². The van der Waals surface area contributed by atoms with Crippen LogP contribution in [0.15, 0.2) is 53.3 Å². The van der Waals surface area contributed by atoms with Crippen molar-refractivity contribution >= 4 is 21.8 Å². The van der Waals surface area contributed by atoms with Crippen LogP contribution in [-0.4, -0.2) is 9.67 Å². The summed E-state index contributed by atoms with van der Waals surface area (Å²) in [5, 5.41) is 12.2. The standard InChI is InChI=1S/C24H21NO3/c1-13-9-10-16-15(11-13)20-19(28-24(16,2)3)12-18-21(23(20)27)22(26)14-7-5-6-8-17(14)25(18)4/h5-12,27H,1-4H3. The summed E-state index contributed by atoms with van der Waals surface area (Å²) in [4.78, 5) is 13.2. The number of benzene rings is 3. The van der Waals surface area contributed by atoms with Gasteiger partial charge < -0.3 is 14.4 Å². The summed E-state index contributed by atoms with van der Waals surface area (Å²) in [6.45, 7) is 6.06. The van der Waals surface area contributed by atoms with Gasteiger partial charge in [-0.25, -0.2) is 0 Å². The molecule has 0 unspecified atom stereocenters. The largest absolute Gasteiger partial charge is 0.506 e. The normalized spacial score (nSPS) is 14.6. The number of phenols is 1. The Labute approximate surface area is 162 Å². The first-order chi connectivity index (χ1) is 13.3. The van der Waals surface area contributed by atoms with Gasteiger partial charge in [0.1, 0.15) is 17.1 Å². The Kier molecular flexibility index (Phi) is 3.24. The minimum absolute atomic E-state index is 0.0128. The van der Waals surface area contributed by atoms with Gasteiger partial charge in [-0.05, 0) is 38.5 Å². The highest BCUT2D eigenvalue weighted by molar-refractivity contribution is 6.02. The van der Waals surface area contributed by atoms with E-state index in [-0.39, 0.29) is 11.2 Å². The number of hydrogen-bond acceptors (Lipinski definition) is 3. The first-order valence-corrected chi connectivity index (χ1v) is 9.37. The molecule has 1 aromatic heterocycles. The van der Waals surface area contributed by atoms with E-state index in [1.54, 1.807) is 6.07 Å². The van der Waals surface area contributed by atoms with Crippen LogP contribution in [0, 0.1) is 6.92 Å². The quantitative estimate of drug-likeness (QED) is 0.443. The zero-order valence-corrected chi connectivity index (χ0v) is 16.3. The van der Waals surface area contributed by atoms with Crippen LogP contribution >= 0.6 is 0 Å². The van der Waals surface area contributed by atoms with E-state index in [1.807, 2.05) is 68.8 Å². The number of rotatable bonds is 0. The second-order valence-corrected chi connectivity index (χ2v) is 8.06. The van der Waals surface area contributed by atoms with Crippen LogP contribution in [0.4, 0.5) is 0 Å². The molecule has 0 aliphatic carbocycles. The maximum Gasteiger partial charge on any atom is 0.200 e. The molecule has 5 rings (SSSR count). The first-order valence-electron chi connectivity index (χ1n) is 9.37. The molecule has 0 radical (unpaired) electrons. The van der Waals surface area contributed by atoms with Gasteiger partial charge in [-0.15, -0.1) is 0 Å². The van der Waals surface area contributed by atoms with Crippen molar-refractivity contribution in [3.8, 4) is 22.6 Å². The molecule has 0 bridgehead atoms. The fourth-order valence-electron chi connectivity index (χ4n) is 4.40. The van der Waals surface area contributed by atoms with Crippen LogP contribution in [0.2, 0.25) is 0 Å². The molecule has 0 saturated carbocycles. The average molecular weight is 371 g/mol. The van der Waals surface area contributed by atoms with E-state index in [2.05, 4.69) is 6.07 Å². The van der Waals surface area contributed by atoms with Crippen molar-refractivity contribution in [2.24, 2.45) is 7.05 Å². The molecule has 1 N–H and O–H groups in total. The third-order valence-electron chi connectivity index (χ3n) is 5.80. The zero-order valence-electron chi connectivity index (χ0n) is 16.3. The fourth-order valence-corrected chi connectivity index (χ4v) is 4.40. The molecule has 28 heavy (non-hydrogen) atoms. The first kappa shape index (κ1) is 16.9. The molecule has 4 heteroatoms. The van der Waals surface area contributed by atoms with Gasteiger partial charge in [0.05, 0.1) is 22.0 Å². The van der Waals surface area contributed by atoms with Crippen LogP contribution in [0.5, 0.6) is 11.5 Å². The Morgan fingerprint density at radius 1 is 1.04 bits per heavy atom. The topological polar surface area (TPSA) is 51.5 Å². The smallest absolute Gasteiger partial charge is 0.200 e. The van der Waals surface area contributed by atoms with E-state index in [0.717, 1.165) is 22.2 Å². The van der Waals surface area contributed by atoms with Crippen LogP contribution in [-0.2, 0) is 12.6 Å². The van der Waals surface area contributed by atoms with Gasteiger partial charge in [0, 0.05) is 24.1 Å². The molecule has 0 saturated heterocycles. The summed E-state index contributed by atoms with van der Waals surface area (Å²) >= 11 is 0. The molecular weight excluding hydrogens is 350 g/mol. The molecule has 3 aromatic carbocycles. The summed E-state index contributed by atoms with van der Waals surface area (Å²) < 4.78 is 8.24. The molecule has 0 amide bonds. The second-order valence-electron chi connectivity index (χ2n) is 8.06. The Bertz CT molecular complexity index is 1360. The highest BCUT2D eigenvalue weighted by Crippen LogP contribution is 2.51. The van der Waals surface area contributed by atoms with E-state index in [0.29, 0.717) is 27.6 Å². The summed E-state index contributed by atoms with van der Waals surface area (Å²) in [6, 6.07) is 15.5. The number of aromatic hydroxyl groups is 1. The number of ether oxygens (including phenoxy) is 1. The lowest BCUT2D eigenvalue weighted by atomic mass is 9.84. The van der Waals surface area contributed by atoms with Crippen LogP contribution in [0.1, 0.15) is 25.0 Å². The Morgan fingerprint density at radius 3 is 2.57 bits per heavy atom. The lowest BCUT2D eigenvalue weighted by Crippen LogP contribution is -2.29. The lowest BCUT2D eigenvalue weighted by molar-refractivity contribution is 0.105. The maximum atomic E-state index is 13.2. The monoisotopic (exact) mass is 371 g/mol. The summed E-state index contributed by atoms with van der Waals surface area (Å²) in [7, 11) is 1.90. The van der Waals surface area contributed by atoms with Crippen molar-refractivity contribution in [1.82, 2.24) is 4.57 Å². The van der Waals surface area contributed by atoms with Crippen LogP contribution in [0.25, 0.3) is 32.9 Å². The molecule has 4 aromatic rings. The molecule has 0 fully saturated rings. The van der Waals surface area contributed by atoms with Crippen LogP contribution in [0.3, 0.4) is 0 Å². The third-order valence-corrected chi connectivity index (χ3v) is 5.80. The summed E-state index contributed by atoms with van der Waals surface area (Å²) in [5.41, 5.74) is 4.39. The van der Waals surface area contributed by atoms with Crippen molar-refractivity contribution in [1.29, 1.82) is 0 Å². The van der Waals surface area contributed by atoms with Gasteiger partial charge in [0.25, 0.3) is 0 Å². The molecule has 1 aliphatic heterocycles. The number of aryl methyl sites for hydroxylation is 2. The molecule has 2 heterocycles. The SMILES string of the molecule is Cc1ccc2c(c1)-c1c(cc3c(c1O)c(=O)c1ccccc1n3C)OC2(C)C. The van der Waals surface area contributed by atoms with Crippen LogP contribution < -0.4 is 10.2 Å². The number of fused-ring (bicyclic) bond motifs is 5. The molecular formula is C24H21NO3. The van der Waals surface area contributed by atoms with E-state index >= 15 is 0 Å². The predicted molar refractivity (Wildman–Crippen MR) is 112 cm³/mol. The van der Waals surface area contributed by atoms with Gasteiger partial charge >= 0.3 is 0 Å².